The molecule has 1 aliphatic rings. The molecule has 0 aromatic rings. The van der Waals surface area contributed by atoms with Crippen LogP contribution >= 0.6 is 7.82 Å². The van der Waals surface area contributed by atoms with E-state index in [0.29, 0.717) is 25.0 Å². The van der Waals surface area contributed by atoms with E-state index in [1.165, 1.54) is 64.2 Å². The van der Waals surface area contributed by atoms with Crippen LogP contribution in [0, 0.1) is 5.92 Å². The third kappa shape index (κ3) is 27.8. The normalized spacial score (nSPS) is 17.1. The highest BCUT2D eigenvalue weighted by Gasteiger charge is 2.36. The molecule has 0 spiro atoms. The summed E-state index contributed by atoms with van der Waals surface area (Å²) < 4.78 is 32.0. The van der Waals surface area contributed by atoms with Crippen LogP contribution in [-0.4, -0.2) is 53.3 Å². The number of unbranched alkanes of at least 4 members (excludes halogenated alkanes) is 15. The lowest BCUT2D eigenvalue weighted by Crippen LogP contribution is -2.29. The first kappa shape index (κ1) is 42.8. The number of allylic oxidation sites excluding steroid dienone is 1. The number of carbonyl (C=O) groups is 2. The molecule has 270 valence electrons. The minimum atomic E-state index is -4.75. The number of carbonyl (C=O) groups excluding carboxylic acids is 2. The molecule has 1 heterocycles. The summed E-state index contributed by atoms with van der Waals surface area (Å²) in [7, 11) is -4.75. The van der Waals surface area contributed by atoms with Crippen LogP contribution < -0.4 is 0 Å². The van der Waals surface area contributed by atoms with Crippen molar-refractivity contribution in [2.75, 3.05) is 13.2 Å². The molecular weight excluding hydrogens is 607 g/mol. The Morgan fingerprint density at radius 1 is 0.739 bits per heavy atom. The van der Waals surface area contributed by atoms with Gasteiger partial charge in [0.05, 0.1) is 18.8 Å². The third-order valence-electron chi connectivity index (χ3n) is 8.39. The quantitative estimate of drug-likeness (QED) is 0.0235. The van der Waals surface area contributed by atoms with Crippen LogP contribution in [0.15, 0.2) is 12.2 Å². The highest BCUT2D eigenvalue weighted by atomic mass is 31.2. The molecule has 0 saturated carbocycles. The van der Waals surface area contributed by atoms with Crippen LogP contribution in [0.1, 0.15) is 168 Å². The van der Waals surface area contributed by atoms with E-state index in [1.807, 2.05) is 0 Å². The largest absolute Gasteiger partial charge is 0.469 e. The van der Waals surface area contributed by atoms with Crippen LogP contribution in [0.2, 0.25) is 0 Å². The van der Waals surface area contributed by atoms with Gasteiger partial charge in [-0.25, -0.2) is 4.57 Å². The Balaban J connectivity index is 2.09. The van der Waals surface area contributed by atoms with Gasteiger partial charge in [-0.05, 0) is 44.4 Å². The summed E-state index contributed by atoms with van der Waals surface area (Å²) in [6.07, 6.45) is 28.3. The van der Waals surface area contributed by atoms with Crippen molar-refractivity contribution in [3.05, 3.63) is 12.2 Å². The number of epoxide rings is 1. The molecule has 0 aliphatic carbocycles. The molecule has 0 radical (unpaired) electrons. The molecule has 0 amide bonds. The first-order chi connectivity index (χ1) is 22.1. The fourth-order valence-electron chi connectivity index (χ4n) is 5.50. The van der Waals surface area contributed by atoms with Gasteiger partial charge in [0.2, 0.25) is 0 Å². The highest BCUT2D eigenvalue weighted by Crippen LogP contribution is 2.36. The number of hydrogen-bond acceptors (Lipinski definition) is 7. The van der Waals surface area contributed by atoms with Gasteiger partial charge in [-0.1, -0.05) is 129 Å². The van der Waals surface area contributed by atoms with Crippen molar-refractivity contribution in [1.82, 2.24) is 0 Å². The van der Waals surface area contributed by atoms with Crippen molar-refractivity contribution in [2.24, 2.45) is 5.92 Å². The van der Waals surface area contributed by atoms with Gasteiger partial charge in [0, 0.05) is 12.8 Å². The van der Waals surface area contributed by atoms with Crippen molar-refractivity contribution in [3.63, 3.8) is 0 Å². The molecule has 3 atom stereocenters. The SMILES string of the molecule is CCCCCC1OC1C/C=C\CCCCCCCC(=O)OC[C@H](COP(=O)(O)O)OC(=O)CCCCCCCCCCCC(C)C. The zero-order valence-corrected chi connectivity index (χ0v) is 30.2. The predicted octanol–water partition coefficient (Wildman–Crippen LogP) is 9.52. The number of rotatable bonds is 32. The molecule has 1 saturated heterocycles. The summed E-state index contributed by atoms with van der Waals surface area (Å²) in [4.78, 5) is 42.6. The molecule has 1 rings (SSSR count). The van der Waals surface area contributed by atoms with Gasteiger partial charge in [-0.2, -0.15) is 0 Å². The van der Waals surface area contributed by atoms with Gasteiger partial charge in [0.1, 0.15) is 6.61 Å². The first-order valence-corrected chi connectivity index (χ1v) is 20.0. The summed E-state index contributed by atoms with van der Waals surface area (Å²) in [6.45, 7) is 5.92. The Hall–Kier alpha value is -1.25. The Bertz CT molecular complexity index is 841. The molecule has 1 fully saturated rings. The maximum absolute atomic E-state index is 12.3. The van der Waals surface area contributed by atoms with Gasteiger partial charge in [0.15, 0.2) is 6.10 Å². The van der Waals surface area contributed by atoms with Crippen molar-refractivity contribution < 1.29 is 42.7 Å². The van der Waals surface area contributed by atoms with Gasteiger partial charge in [-0.3, -0.25) is 14.1 Å². The second-order valence-electron chi connectivity index (χ2n) is 13.4. The summed E-state index contributed by atoms with van der Waals surface area (Å²) in [5.74, 6) is -0.122. The van der Waals surface area contributed by atoms with Gasteiger partial charge < -0.3 is 24.0 Å². The fraction of sp³-hybridized carbons (Fsp3) is 0.889. The zero-order chi connectivity index (χ0) is 33.9. The van der Waals surface area contributed by atoms with Crippen LogP contribution in [0.4, 0.5) is 0 Å². The molecule has 0 bridgehead atoms. The number of phosphoric ester groups is 1. The second-order valence-corrected chi connectivity index (χ2v) is 14.7. The Morgan fingerprint density at radius 3 is 1.93 bits per heavy atom. The van der Waals surface area contributed by atoms with E-state index in [1.54, 1.807) is 0 Å². The summed E-state index contributed by atoms with van der Waals surface area (Å²) in [5.41, 5.74) is 0. The molecule has 0 aromatic carbocycles. The minimum Gasteiger partial charge on any atom is -0.462 e. The lowest BCUT2D eigenvalue weighted by atomic mass is 10.0. The lowest BCUT2D eigenvalue weighted by molar-refractivity contribution is -0.161. The van der Waals surface area contributed by atoms with E-state index in [4.69, 9.17) is 24.0 Å². The predicted molar refractivity (Wildman–Crippen MR) is 183 cm³/mol. The van der Waals surface area contributed by atoms with Crippen molar-refractivity contribution >= 4 is 19.8 Å². The molecule has 46 heavy (non-hydrogen) atoms. The monoisotopic (exact) mass is 674 g/mol. The zero-order valence-electron chi connectivity index (χ0n) is 29.3. The van der Waals surface area contributed by atoms with E-state index < -0.39 is 32.5 Å². The minimum absolute atomic E-state index is 0.208. The number of ether oxygens (including phenoxy) is 3. The maximum atomic E-state index is 12.3. The second kappa shape index (κ2) is 27.7. The van der Waals surface area contributed by atoms with E-state index in [9.17, 15) is 14.2 Å². The average Bonchev–Trinajstić information content (AvgIpc) is 3.75. The molecule has 2 unspecified atom stereocenters. The third-order valence-corrected chi connectivity index (χ3v) is 8.87. The van der Waals surface area contributed by atoms with E-state index in [0.717, 1.165) is 63.7 Å². The molecule has 1 aliphatic heterocycles. The average molecular weight is 675 g/mol. The molecule has 0 aromatic heterocycles. The van der Waals surface area contributed by atoms with Crippen LogP contribution in [-0.2, 0) is 32.9 Å². The molecule has 10 heteroatoms. The summed E-state index contributed by atoms with van der Waals surface area (Å²) >= 11 is 0. The van der Waals surface area contributed by atoms with Crippen molar-refractivity contribution in [2.45, 2.75) is 187 Å². The maximum Gasteiger partial charge on any atom is 0.469 e. The van der Waals surface area contributed by atoms with E-state index >= 15 is 0 Å². The fourth-order valence-corrected chi connectivity index (χ4v) is 5.87. The smallest absolute Gasteiger partial charge is 0.462 e. The van der Waals surface area contributed by atoms with E-state index in [2.05, 4.69) is 37.4 Å². The molecule has 2 N–H and O–H groups in total. The van der Waals surface area contributed by atoms with Gasteiger partial charge in [0.25, 0.3) is 0 Å². The van der Waals surface area contributed by atoms with Crippen LogP contribution in [0.5, 0.6) is 0 Å². The Labute approximate surface area is 280 Å². The number of esters is 2. The lowest BCUT2D eigenvalue weighted by Gasteiger charge is -2.18. The standard InChI is InChI=1S/C36H67O9P/c1-4-5-19-25-33-34(45-33)26-21-16-12-9-10-13-17-22-27-35(37)42-29-32(30-43-46(39,40)41)44-36(38)28-23-18-14-8-6-7-11-15-20-24-31(2)3/h16,21,31-34H,4-15,17-20,22-30H2,1-3H3,(H2,39,40,41)/b21-16-/t32-,33?,34?/m1/s1. The van der Waals surface area contributed by atoms with Gasteiger partial charge >= 0.3 is 19.8 Å². The number of phosphoric acid groups is 1. The van der Waals surface area contributed by atoms with Crippen LogP contribution in [0.3, 0.4) is 0 Å². The Kier molecular flexibility index (Phi) is 25.7. The Morgan fingerprint density at radius 2 is 1.33 bits per heavy atom. The van der Waals surface area contributed by atoms with Crippen LogP contribution in [0.25, 0.3) is 0 Å². The number of hydrogen-bond donors (Lipinski definition) is 2. The molecule has 9 nitrogen and oxygen atoms in total. The first-order valence-electron chi connectivity index (χ1n) is 18.5. The van der Waals surface area contributed by atoms with E-state index in [-0.39, 0.29) is 19.4 Å². The summed E-state index contributed by atoms with van der Waals surface area (Å²) in [5, 5.41) is 0. The van der Waals surface area contributed by atoms with Crippen molar-refractivity contribution in [1.29, 1.82) is 0 Å². The van der Waals surface area contributed by atoms with Crippen molar-refractivity contribution in [3.8, 4) is 0 Å². The molecular formula is C36H67O9P. The topological polar surface area (TPSA) is 132 Å². The van der Waals surface area contributed by atoms with Gasteiger partial charge in [-0.15, -0.1) is 0 Å². The highest BCUT2D eigenvalue weighted by molar-refractivity contribution is 7.46. The summed E-state index contributed by atoms with van der Waals surface area (Å²) in [6, 6.07) is 0.